The third-order valence-electron chi connectivity index (χ3n) is 4.18. The van der Waals surface area contributed by atoms with Crippen molar-refractivity contribution in [2.24, 2.45) is 0 Å². The Balaban J connectivity index is 1.66. The minimum Gasteiger partial charge on any atom is -0.311 e. The van der Waals surface area contributed by atoms with Crippen molar-refractivity contribution in [2.45, 2.75) is 32.4 Å². The summed E-state index contributed by atoms with van der Waals surface area (Å²) in [6.07, 6.45) is 0.982. The van der Waals surface area contributed by atoms with E-state index >= 15 is 0 Å². The Morgan fingerprint density at radius 1 is 1.25 bits per heavy atom. The summed E-state index contributed by atoms with van der Waals surface area (Å²) in [7, 11) is 0. The number of hydrogen-bond acceptors (Lipinski definition) is 3. The zero-order chi connectivity index (χ0) is 14.1. The molecule has 4 nitrogen and oxygen atoms in total. The number of carbonyl (C=O) groups is 1. The normalized spacial score (nSPS) is 26.6. The molecule has 0 saturated carbocycles. The number of fused-ring (bicyclic) bond motifs is 1. The first-order valence-electron chi connectivity index (χ1n) is 7.50. The standard InChI is InChI=1S/C16H23N3O/c1-12-9-18(10-13(2)17-12)11-16(20)19-8-7-14-5-3-4-6-15(14)19/h3-6,12-13,17H,7-11H2,1-2H3. The van der Waals surface area contributed by atoms with Crippen LogP contribution in [0.3, 0.4) is 0 Å². The topological polar surface area (TPSA) is 35.6 Å². The van der Waals surface area contributed by atoms with Gasteiger partial charge in [0.25, 0.3) is 0 Å². The highest BCUT2D eigenvalue weighted by atomic mass is 16.2. The Kier molecular flexibility index (Phi) is 3.76. The lowest BCUT2D eigenvalue weighted by Crippen LogP contribution is -2.56. The van der Waals surface area contributed by atoms with Crippen LogP contribution in [0.5, 0.6) is 0 Å². The van der Waals surface area contributed by atoms with Gasteiger partial charge in [-0.2, -0.15) is 0 Å². The summed E-state index contributed by atoms with van der Waals surface area (Å²) in [5.74, 6) is 0.233. The molecule has 2 unspecified atom stereocenters. The van der Waals surface area contributed by atoms with Crippen LogP contribution in [0.1, 0.15) is 19.4 Å². The number of para-hydroxylation sites is 1. The van der Waals surface area contributed by atoms with Crippen LogP contribution >= 0.6 is 0 Å². The molecule has 0 radical (unpaired) electrons. The van der Waals surface area contributed by atoms with E-state index in [4.69, 9.17) is 0 Å². The van der Waals surface area contributed by atoms with Crippen molar-refractivity contribution >= 4 is 11.6 Å². The minimum atomic E-state index is 0.233. The minimum absolute atomic E-state index is 0.233. The summed E-state index contributed by atoms with van der Waals surface area (Å²) in [6.45, 7) is 7.62. The number of amides is 1. The van der Waals surface area contributed by atoms with Crippen LogP contribution in [0, 0.1) is 0 Å². The Bertz CT molecular complexity index is 492. The highest BCUT2D eigenvalue weighted by Crippen LogP contribution is 2.27. The lowest BCUT2D eigenvalue weighted by atomic mass is 10.1. The van der Waals surface area contributed by atoms with Crippen LogP contribution in [0.15, 0.2) is 24.3 Å². The van der Waals surface area contributed by atoms with Crippen molar-refractivity contribution in [1.29, 1.82) is 0 Å². The van der Waals surface area contributed by atoms with Crippen molar-refractivity contribution in [3.63, 3.8) is 0 Å². The van der Waals surface area contributed by atoms with E-state index in [2.05, 4.69) is 36.2 Å². The molecule has 1 aromatic rings. The number of nitrogens with one attached hydrogen (secondary N) is 1. The summed E-state index contributed by atoms with van der Waals surface area (Å²) in [6, 6.07) is 9.15. The summed E-state index contributed by atoms with van der Waals surface area (Å²) >= 11 is 0. The Hall–Kier alpha value is -1.39. The second kappa shape index (κ2) is 5.54. The number of anilines is 1. The molecule has 4 heteroatoms. The van der Waals surface area contributed by atoms with Crippen LogP contribution in [-0.2, 0) is 11.2 Å². The van der Waals surface area contributed by atoms with E-state index in [0.29, 0.717) is 18.6 Å². The number of benzene rings is 1. The first-order chi connectivity index (χ1) is 9.63. The molecular weight excluding hydrogens is 250 g/mol. The molecule has 0 aromatic heterocycles. The van der Waals surface area contributed by atoms with Gasteiger partial charge in [0, 0.05) is 37.4 Å². The third kappa shape index (κ3) is 2.72. The maximum atomic E-state index is 12.6. The van der Waals surface area contributed by atoms with Crippen LogP contribution in [-0.4, -0.2) is 49.1 Å². The summed E-state index contributed by atoms with van der Waals surface area (Å²) in [5.41, 5.74) is 2.40. The Labute approximate surface area is 120 Å². The highest BCUT2D eigenvalue weighted by molar-refractivity contribution is 5.96. The van der Waals surface area contributed by atoms with Crippen molar-refractivity contribution in [2.75, 3.05) is 31.1 Å². The molecule has 0 bridgehead atoms. The van der Waals surface area contributed by atoms with E-state index in [0.717, 1.165) is 31.7 Å². The summed E-state index contributed by atoms with van der Waals surface area (Å²) in [5, 5.41) is 3.50. The first kappa shape index (κ1) is 13.6. The molecule has 2 atom stereocenters. The molecule has 0 spiro atoms. The fourth-order valence-electron chi connectivity index (χ4n) is 3.44. The molecule has 1 amide bonds. The van der Waals surface area contributed by atoms with Gasteiger partial charge in [-0.3, -0.25) is 9.69 Å². The van der Waals surface area contributed by atoms with E-state index in [9.17, 15) is 4.79 Å². The maximum Gasteiger partial charge on any atom is 0.241 e. The molecule has 20 heavy (non-hydrogen) atoms. The fraction of sp³-hybridized carbons (Fsp3) is 0.562. The van der Waals surface area contributed by atoms with Gasteiger partial charge in [-0.1, -0.05) is 18.2 Å². The van der Waals surface area contributed by atoms with E-state index in [1.807, 2.05) is 17.0 Å². The molecule has 2 aliphatic heterocycles. The Morgan fingerprint density at radius 2 is 1.95 bits per heavy atom. The van der Waals surface area contributed by atoms with Crippen LogP contribution in [0.4, 0.5) is 5.69 Å². The first-order valence-corrected chi connectivity index (χ1v) is 7.50. The lowest BCUT2D eigenvalue weighted by molar-refractivity contribution is -0.120. The average Bonchev–Trinajstić information content (AvgIpc) is 2.81. The molecule has 1 fully saturated rings. The van der Waals surface area contributed by atoms with Gasteiger partial charge in [0.05, 0.1) is 6.54 Å². The molecule has 2 aliphatic rings. The van der Waals surface area contributed by atoms with Gasteiger partial charge in [0.15, 0.2) is 0 Å². The predicted molar refractivity (Wildman–Crippen MR) is 81.0 cm³/mol. The van der Waals surface area contributed by atoms with Crippen molar-refractivity contribution < 1.29 is 4.79 Å². The smallest absolute Gasteiger partial charge is 0.241 e. The van der Waals surface area contributed by atoms with E-state index < -0.39 is 0 Å². The number of rotatable bonds is 2. The second-order valence-corrected chi connectivity index (χ2v) is 6.09. The van der Waals surface area contributed by atoms with Gasteiger partial charge >= 0.3 is 0 Å². The quantitative estimate of drug-likeness (QED) is 0.881. The fourth-order valence-corrected chi connectivity index (χ4v) is 3.44. The molecule has 1 saturated heterocycles. The third-order valence-corrected chi connectivity index (χ3v) is 4.18. The van der Waals surface area contributed by atoms with E-state index in [-0.39, 0.29) is 5.91 Å². The SMILES string of the molecule is CC1CN(CC(=O)N2CCc3ccccc32)CC(C)N1. The molecule has 108 valence electrons. The van der Waals surface area contributed by atoms with Crippen molar-refractivity contribution in [3.05, 3.63) is 29.8 Å². The second-order valence-electron chi connectivity index (χ2n) is 6.09. The van der Waals surface area contributed by atoms with Gasteiger partial charge in [-0.15, -0.1) is 0 Å². The van der Waals surface area contributed by atoms with Gasteiger partial charge in [-0.25, -0.2) is 0 Å². The van der Waals surface area contributed by atoms with Crippen molar-refractivity contribution in [3.8, 4) is 0 Å². The number of hydrogen-bond donors (Lipinski definition) is 1. The van der Waals surface area contributed by atoms with Gasteiger partial charge < -0.3 is 10.2 Å². The van der Waals surface area contributed by atoms with Gasteiger partial charge in [-0.05, 0) is 31.9 Å². The van der Waals surface area contributed by atoms with Crippen molar-refractivity contribution in [1.82, 2.24) is 10.2 Å². The monoisotopic (exact) mass is 273 g/mol. The van der Waals surface area contributed by atoms with E-state index in [1.165, 1.54) is 5.56 Å². The predicted octanol–water partition coefficient (Wildman–Crippen LogP) is 1.26. The summed E-state index contributed by atoms with van der Waals surface area (Å²) in [4.78, 5) is 16.8. The molecule has 2 heterocycles. The molecule has 1 aromatic carbocycles. The van der Waals surface area contributed by atoms with Gasteiger partial charge in [0.1, 0.15) is 0 Å². The highest BCUT2D eigenvalue weighted by Gasteiger charge is 2.28. The Morgan fingerprint density at radius 3 is 2.70 bits per heavy atom. The van der Waals surface area contributed by atoms with E-state index in [1.54, 1.807) is 0 Å². The number of piperazine rings is 1. The van der Waals surface area contributed by atoms with Crippen LogP contribution in [0.25, 0.3) is 0 Å². The zero-order valence-corrected chi connectivity index (χ0v) is 12.3. The largest absolute Gasteiger partial charge is 0.311 e. The molecular formula is C16H23N3O. The summed E-state index contributed by atoms with van der Waals surface area (Å²) < 4.78 is 0. The molecule has 1 N–H and O–H groups in total. The average molecular weight is 273 g/mol. The maximum absolute atomic E-state index is 12.6. The zero-order valence-electron chi connectivity index (χ0n) is 12.3. The van der Waals surface area contributed by atoms with Crippen LogP contribution in [0.2, 0.25) is 0 Å². The lowest BCUT2D eigenvalue weighted by Gasteiger charge is -2.36. The van der Waals surface area contributed by atoms with Gasteiger partial charge in [0.2, 0.25) is 5.91 Å². The molecule has 3 rings (SSSR count). The number of carbonyl (C=O) groups excluding carboxylic acids is 1. The molecule has 0 aliphatic carbocycles. The number of nitrogens with zero attached hydrogens (tertiary/aromatic N) is 2. The van der Waals surface area contributed by atoms with Crippen LogP contribution < -0.4 is 10.2 Å².